The number of thiazole rings is 1. The summed E-state index contributed by atoms with van der Waals surface area (Å²) < 4.78 is 5.17. The molecule has 2 fully saturated rings. The van der Waals surface area contributed by atoms with Gasteiger partial charge in [0.25, 0.3) is 5.91 Å². The standard InChI is InChI=1S/C22H27N3O3S/c1-28-19-8-6-16(7-9-19)22(27)25-12-2-3-17(13-25)21-24-18(14-29-21)10-11-23-20(26)15-4-5-15/h6-9,14-15,17H,2-5,10-13H2,1H3,(H,23,26)/t17-/m1/s1. The SMILES string of the molecule is COc1ccc(C(=O)N2CCC[C@@H](c3nc(CCNC(=O)C4CC4)cs3)C2)cc1. The lowest BCUT2D eigenvalue weighted by Crippen LogP contribution is -2.39. The first kappa shape index (κ1) is 19.9. The fraction of sp³-hybridized carbons (Fsp3) is 0.500. The number of aromatic nitrogens is 1. The lowest BCUT2D eigenvalue weighted by molar-refractivity contribution is -0.122. The molecule has 1 saturated carbocycles. The van der Waals surface area contributed by atoms with Crippen LogP contribution in [-0.2, 0) is 11.2 Å². The zero-order chi connectivity index (χ0) is 20.2. The van der Waals surface area contributed by atoms with E-state index in [0.717, 1.165) is 55.1 Å². The summed E-state index contributed by atoms with van der Waals surface area (Å²) in [5, 5.41) is 6.18. The van der Waals surface area contributed by atoms with Crippen LogP contribution in [-0.4, -0.2) is 48.4 Å². The third kappa shape index (κ3) is 4.96. The molecule has 1 saturated heterocycles. The molecule has 2 aromatic rings. The normalized spacial score (nSPS) is 19.1. The number of nitrogens with one attached hydrogen (secondary N) is 1. The monoisotopic (exact) mass is 413 g/mol. The number of piperidine rings is 1. The minimum Gasteiger partial charge on any atom is -0.497 e. The van der Waals surface area contributed by atoms with Gasteiger partial charge in [-0.3, -0.25) is 9.59 Å². The predicted octanol–water partition coefficient (Wildman–Crippen LogP) is 3.24. The highest BCUT2D eigenvalue weighted by Gasteiger charge is 2.29. The second kappa shape index (κ2) is 8.95. The Morgan fingerprint density at radius 3 is 2.76 bits per heavy atom. The van der Waals surface area contributed by atoms with E-state index in [1.807, 2.05) is 29.2 Å². The van der Waals surface area contributed by atoms with Crippen molar-refractivity contribution in [2.75, 3.05) is 26.7 Å². The molecule has 0 radical (unpaired) electrons. The van der Waals surface area contributed by atoms with E-state index in [1.165, 1.54) is 0 Å². The minimum atomic E-state index is 0.0666. The number of carbonyl (C=O) groups is 2. The van der Waals surface area contributed by atoms with E-state index in [0.29, 0.717) is 18.7 Å². The van der Waals surface area contributed by atoms with Gasteiger partial charge in [-0.25, -0.2) is 4.98 Å². The first-order valence-corrected chi connectivity index (χ1v) is 11.2. The fourth-order valence-electron chi connectivity index (χ4n) is 3.71. The van der Waals surface area contributed by atoms with Gasteiger partial charge in [-0.05, 0) is 49.9 Å². The molecule has 1 atom stereocenters. The van der Waals surface area contributed by atoms with Crippen LogP contribution in [0.3, 0.4) is 0 Å². The minimum absolute atomic E-state index is 0.0666. The van der Waals surface area contributed by atoms with Crippen molar-refractivity contribution >= 4 is 23.2 Å². The van der Waals surface area contributed by atoms with Crippen molar-refractivity contribution in [2.24, 2.45) is 5.92 Å². The van der Waals surface area contributed by atoms with Crippen molar-refractivity contribution in [3.8, 4) is 5.75 Å². The highest BCUT2D eigenvalue weighted by atomic mass is 32.1. The van der Waals surface area contributed by atoms with Crippen LogP contribution in [0, 0.1) is 5.92 Å². The van der Waals surface area contributed by atoms with Crippen molar-refractivity contribution in [1.82, 2.24) is 15.2 Å². The molecule has 154 valence electrons. The topological polar surface area (TPSA) is 71.5 Å². The van der Waals surface area contributed by atoms with E-state index < -0.39 is 0 Å². The molecule has 2 amide bonds. The number of benzene rings is 1. The second-order valence-corrected chi connectivity index (χ2v) is 8.70. The molecule has 1 aromatic carbocycles. The van der Waals surface area contributed by atoms with Gasteiger partial charge in [-0.1, -0.05) is 0 Å². The molecular formula is C22H27N3O3S. The van der Waals surface area contributed by atoms with Gasteiger partial charge in [0.1, 0.15) is 5.75 Å². The maximum Gasteiger partial charge on any atom is 0.253 e. The lowest BCUT2D eigenvalue weighted by atomic mass is 9.98. The molecule has 2 aliphatic rings. The van der Waals surface area contributed by atoms with Crippen LogP contribution in [0.2, 0.25) is 0 Å². The zero-order valence-corrected chi connectivity index (χ0v) is 17.5. The number of likely N-dealkylation sites (tertiary alicyclic amines) is 1. The number of hydrogen-bond donors (Lipinski definition) is 1. The highest BCUT2D eigenvalue weighted by molar-refractivity contribution is 7.09. The molecule has 7 heteroatoms. The Labute approximate surface area is 175 Å². The molecule has 1 N–H and O–H groups in total. The van der Waals surface area contributed by atoms with Crippen LogP contribution in [0.15, 0.2) is 29.6 Å². The Morgan fingerprint density at radius 1 is 1.24 bits per heavy atom. The first-order chi connectivity index (χ1) is 14.1. The largest absolute Gasteiger partial charge is 0.497 e. The lowest BCUT2D eigenvalue weighted by Gasteiger charge is -2.32. The van der Waals surface area contributed by atoms with Crippen LogP contribution >= 0.6 is 11.3 Å². The van der Waals surface area contributed by atoms with Crippen LogP contribution in [0.1, 0.15) is 52.7 Å². The number of nitrogens with zero attached hydrogens (tertiary/aromatic N) is 2. The van der Waals surface area contributed by atoms with Crippen LogP contribution < -0.4 is 10.1 Å². The summed E-state index contributed by atoms with van der Waals surface area (Å²) in [6, 6.07) is 7.29. The number of methoxy groups -OCH3 is 1. The summed E-state index contributed by atoms with van der Waals surface area (Å²) in [7, 11) is 1.62. The van der Waals surface area contributed by atoms with Crippen LogP contribution in [0.5, 0.6) is 5.75 Å². The Balaban J connectivity index is 1.32. The van der Waals surface area contributed by atoms with Gasteiger partial charge < -0.3 is 15.0 Å². The maximum absolute atomic E-state index is 12.9. The van der Waals surface area contributed by atoms with Gasteiger partial charge in [0.15, 0.2) is 0 Å². The molecule has 1 aromatic heterocycles. The third-order valence-electron chi connectivity index (χ3n) is 5.59. The number of hydrogen-bond acceptors (Lipinski definition) is 5. The van der Waals surface area contributed by atoms with Gasteiger partial charge in [-0.2, -0.15) is 0 Å². The van der Waals surface area contributed by atoms with E-state index >= 15 is 0 Å². The van der Waals surface area contributed by atoms with Crippen molar-refractivity contribution in [3.05, 3.63) is 45.9 Å². The van der Waals surface area contributed by atoms with Gasteiger partial charge in [-0.15, -0.1) is 11.3 Å². The van der Waals surface area contributed by atoms with Crippen LogP contribution in [0.25, 0.3) is 0 Å². The number of amides is 2. The average Bonchev–Trinajstić information content (AvgIpc) is 3.52. The third-order valence-corrected chi connectivity index (χ3v) is 6.65. The summed E-state index contributed by atoms with van der Waals surface area (Å²) in [6.45, 7) is 2.13. The Hall–Kier alpha value is -2.41. The van der Waals surface area contributed by atoms with Crippen molar-refractivity contribution < 1.29 is 14.3 Å². The fourth-order valence-corrected chi connectivity index (χ4v) is 4.69. The van der Waals surface area contributed by atoms with Gasteiger partial charge in [0, 0.05) is 48.8 Å². The molecule has 0 unspecified atom stereocenters. The summed E-state index contributed by atoms with van der Waals surface area (Å²) in [4.78, 5) is 31.3. The zero-order valence-electron chi connectivity index (χ0n) is 16.7. The predicted molar refractivity (Wildman–Crippen MR) is 112 cm³/mol. The highest BCUT2D eigenvalue weighted by Crippen LogP contribution is 2.31. The molecule has 0 spiro atoms. The molecule has 4 rings (SSSR count). The Morgan fingerprint density at radius 2 is 2.03 bits per heavy atom. The molecule has 6 nitrogen and oxygen atoms in total. The molecule has 2 heterocycles. The van der Waals surface area contributed by atoms with E-state index in [-0.39, 0.29) is 23.7 Å². The average molecular weight is 414 g/mol. The molecular weight excluding hydrogens is 386 g/mol. The first-order valence-electron chi connectivity index (χ1n) is 10.3. The van der Waals surface area contributed by atoms with E-state index in [1.54, 1.807) is 18.4 Å². The number of rotatable bonds is 7. The van der Waals surface area contributed by atoms with Gasteiger partial charge in [0.05, 0.1) is 17.8 Å². The van der Waals surface area contributed by atoms with Crippen molar-refractivity contribution in [1.29, 1.82) is 0 Å². The summed E-state index contributed by atoms with van der Waals surface area (Å²) >= 11 is 1.67. The second-order valence-electron chi connectivity index (χ2n) is 7.81. The summed E-state index contributed by atoms with van der Waals surface area (Å²) in [6.07, 6.45) is 4.85. The van der Waals surface area contributed by atoms with Crippen molar-refractivity contribution in [2.45, 2.75) is 38.0 Å². The van der Waals surface area contributed by atoms with Crippen molar-refractivity contribution in [3.63, 3.8) is 0 Å². The number of carbonyl (C=O) groups excluding carboxylic acids is 2. The van der Waals surface area contributed by atoms with Crippen LogP contribution in [0.4, 0.5) is 0 Å². The van der Waals surface area contributed by atoms with E-state index in [2.05, 4.69) is 10.7 Å². The van der Waals surface area contributed by atoms with E-state index in [9.17, 15) is 9.59 Å². The maximum atomic E-state index is 12.9. The molecule has 1 aliphatic heterocycles. The van der Waals surface area contributed by atoms with E-state index in [4.69, 9.17) is 9.72 Å². The Bertz CT molecular complexity index is 860. The Kier molecular flexibility index (Phi) is 6.13. The smallest absolute Gasteiger partial charge is 0.253 e. The van der Waals surface area contributed by atoms with Gasteiger partial charge >= 0.3 is 0 Å². The summed E-state index contributed by atoms with van der Waals surface area (Å²) in [5.74, 6) is 1.53. The quantitative estimate of drug-likeness (QED) is 0.756. The molecule has 29 heavy (non-hydrogen) atoms. The van der Waals surface area contributed by atoms with Gasteiger partial charge in [0.2, 0.25) is 5.91 Å². The molecule has 1 aliphatic carbocycles. The number of ether oxygens (including phenoxy) is 1. The molecule has 0 bridgehead atoms. The summed E-state index contributed by atoms with van der Waals surface area (Å²) in [5.41, 5.74) is 1.72.